The van der Waals surface area contributed by atoms with Crippen LogP contribution in [0.4, 0.5) is 11.4 Å². The average molecular weight is 336 g/mol. The lowest BCUT2D eigenvalue weighted by Crippen LogP contribution is -2.63. The van der Waals surface area contributed by atoms with Crippen LogP contribution in [0.25, 0.3) is 0 Å². The highest BCUT2D eigenvalue weighted by Gasteiger charge is 2.63. The fourth-order valence-corrected chi connectivity index (χ4v) is 5.15. The molecule has 2 unspecified atom stereocenters. The molecule has 0 aromatic heterocycles. The molecular formula is C20H20N2O3. The average Bonchev–Trinajstić information content (AvgIpc) is 2.85. The van der Waals surface area contributed by atoms with Crippen LogP contribution in [0.3, 0.4) is 0 Å². The molecule has 5 rings (SSSR count). The number of nitro groups is 1. The van der Waals surface area contributed by atoms with E-state index in [1.807, 2.05) is 0 Å². The van der Waals surface area contributed by atoms with Gasteiger partial charge in [0.2, 0.25) is 0 Å². The molecule has 2 aromatic rings. The molecule has 2 atom stereocenters. The second-order valence-corrected chi connectivity index (χ2v) is 7.58. The number of rotatable bonds is 1. The van der Waals surface area contributed by atoms with E-state index in [0.29, 0.717) is 6.54 Å². The van der Waals surface area contributed by atoms with E-state index in [9.17, 15) is 10.1 Å². The van der Waals surface area contributed by atoms with Gasteiger partial charge in [-0.1, -0.05) is 24.6 Å². The van der Waals surface area contributed by atoms with Crippen molar-refractivity contribution >= 4 is 11.4 Å². The molecule has 3 aliphatic rings. The summed E-state index contributed by atoms with van der Waals surface area (Å²) in [6.07, 6.45) is 4.43. The fraction of sp³-hybridized carbons (Fsp3) is 0.400. The van der Waals surface area contributed by atoms with E-state index in [1.165, 1.54) is 17.7 Å². The summed E-state index contributed by atoms with van der Waals surface area (Å²) in [5.41, 5.74) is 3.14. The van der Waals surface area contributed by atoms with Crippen molar-refractivity contribution in [3.05, 3.63) is 63.7 Å². The zero-order valence-electron chi connectivity index (χ0n) is 14.2. The largest absolute Gasteiger partial charge is 0.467 e. The molecule has 5 nitrogen and oxygen atoms in total. The molecule has 2 heterocycles. The SMILES string of the molecule is CC12CCCCC13Oc1ccc([N+](=O)[O-])cc1CN3c1ccccc12. The quantitative estimate of drug-likeness (QED) is 0.567. The van der Waals surface area contributed by atoms with E-state index >= 15 is 0 Å². The second-order valence-electron chi connectivity index (χ2n) is 7.58. The smallest absolute Gasteiger partial charge is 0.270 e. The Morgan fingerprint density at radius 1 is 1.16 bits per heavy atom. The van der Waals surface area contributed by atoms with Crippen LogP contribution in [0.5, 0.6) is 5.75 Å². The van der Waals surface area contributed by atoms with Crippen molar-refractivity contribution < 1.29 is 9.66 Å². The molecular weight excluding hydrogens is 316 g/mol. The van der Waals surface area contributed by atoms with E-state index in [2.05, 4.69) is 36.1 Å². The maximum Gasteiger partial charge on any atom is 0.270 e. The highest BCUT2D eigenvalue weighted by molar-refractivity contribution is 5.68. The molecule has 128 valence electrons. The highest BCUT2D eigenvalue weighted by atomic mass is 16.6. The van der Waals surface area contributed by atoms with Crippen LogP contribution in [-0.2, 0) is 12.0 Å². The number of nitrogens with zero attached hydrogens (tertiary/aromatic N) is 2. The molecule has 0 bridgehead atoms. The third kappa shape index (κ3) is 1.73. The number of anilines is 1. The third-order valence-corrected chi connectivity index (χ3v) is 6.39. The lowest BCUT2D eigenvalue weighted by atomic mass is 9.66. The molecule has 0 amide bonds. The summed E-state index contributed by atoms with van der Waals surface area (Å²) in [6, 6.07) is 13.5. The number of nitro benzene ring substituents is 1. The van der Waals surface area contributed by atoms with E-state index < -0.39 is 0 Å². The van der Waals surface area contributed by atoms with Gasteiger partial charge in [0.15, 0.2) is 5.72 Å². The van der Waals surface area contributed by atoms with Crippen LogP contribution in [0.2, 0.25) is 0 Å². The van der Waals surface area contributed by atoms with Gasteiger partial charge in [-0.05, 0) is 37.5 Å². The topological polar surface area (TPSA) is 55.6 Å². The van der Waals surface area contributed by atoms with Crippen LogP contribution in [-0.4, -0.2) is 10.6 Å². The summed E-state index contributed by atoms with van der Waals surface area (Å²) in [4.78, 5) is 13.2. The summed E-state index contributed by atoms with van der Waals surface area (Å²) < 4.78 is 6.67. The fourth-order valence-electron chi connectivity index (χ4n) is 5.15. The molecule has 2 aromatic carbocycles. The van der Waals surface area contributed by atoms with E-state index in [1.54, 1.807) is 18.2 Å². The number of fused-ring (bicyclic) bond motifs is 4. The molecule has 1 aliphatic carbocycles. The van der Waals surface area contributed by atoms with Gasteiger partial charge in [0.25, 0.3) is 5.69 Å². The van der Waals surface area contributed by atoms with E-state index in [0.717, 1.165) is 30.6 Å². The maximum absolute atomic E-state index is 11.1. The minimum atomic E-state index is -0.377. The van der Waals surface area contributed by atoms with Crippen molar-refractivity contribution in [2.24, 2.45) is 0 Å². The standard InChI is InChI=1S/C20H20N2O3/c1-19-10-4-5-11-20(19)21(17-7-3-2-6-16(17)19)13-14-12-15(22(23)24)8-9-18(14)25-20/h2-3,6-9,12H,4-5,10-11,13H2,1H3. The van der Waals surface area contributed by atoms with Gasteiger partial charge in [-0.25, -0.2) is 0 Å². The molecule has 1 spiro atoms. The summed E-state index contributed by atoms with van der Waals surface area (Å²) in [5, 5.41) is 11.1. The normalized spacial score (nSPS) is 29.1. The Kier molecular flexibility index (Phi) is 2.80. The summed E-state index contributed by atoms with van der Waals surface area (Å²) in [5.74, 6) is 0.794. The number of non-ortho nitro benzene ring substituents is 1. The van der Waals surface area contributed by atoms with Crippen LogP contribution in [0.15, 0.2) is 42.5 Å². The molecule has 5 heteroatoms. The lowest BCUT2D eigenvalue weighted by Gasteiger charge is -2.53. The van der Waals surface area contributed by atoms with Crippen LogP contribution >= 0.6 is 0 Å². The van der Waals surface area contributed by atoms with Crippen molar-refractivity contribution in [2.45, 2.75) is 50.3 Å². The molecule has 25 heavy (non-hydrogen) atoms. The number of benzene rings is 2. The van der Waals surface area contributed by atoms with Gasteiger partial charge in [-0.3, -0.25) is 10.1 Å². The maximum atomic E-state index is 11.1. The van der Waals surface area contributed by atoms with Crippen LogP contribution < -0.4 is 9.64 Å². The van der Waals surface area contributed by atoms with Crippen molar-refractivity contribution in [1.82, 2.24) is 0 Å². The molecule has 0 saturated heterocycles. The van der Waals surface area contributed by atoms with Gasteiger partial charge in [0, 0.05) is 29.8 Å². The predicted octanol–water partition coefficient (Wildman–Crippen LogP) is 4.54. The summed E-state index contributed by atoms with van der Waals surface area (Å²) in [6.45, 7) is 2.98. The van der Waals surface area contributed by atoms with Gasteiger partial charge >= 0.3 is 0 Å². The first-order valence-electron chi connectivity index (χ1n) is 8.89. The molecule has 0 N–H and O–H groups in total. The Hall–Kier alpha value is -2.56. The number of para-hydroxylation sites is 1. The summed E-state index contributed by atoms with van der Waals surface area (Å²) >= 11 is 0. The monoisotopic (exact) mass is 336 g/mol. The highest BCUT2D eigenvalue weighted by Crippen LogP contribution is 2.61. The van der Waals surface area contributed by atoms with E-state index in [4.69, 9.17) is 4.74 Å². The van der Waals surface area contributed by atoms with Crippen molar-refractivity contribution in [3.8, 4) is 5.75 Å². The Balaban J connectivity index is 1.71. The zero-order valence-corrected chi connectivity index (χ0v) is 14.2. The van der Waals surface area contributed by atoms with Gasteiger partial charge < -0.3 is 9.64 Å². The predicted molar refractivity (Wildman–Crippen MR) is 94.9 cm³/mol. The molecule has 2 aliphatic heterocycles. The minimum absolute atomic E-state index is 0.0543. The number of ether oxygens (including phenoxy) is 1. The van der Waals surface area contributed by atoms with Crippen molar-refractivity contribution in [2.75, 3.05) is 4.90 Å². The van der Waals surface area contributed by atoms with Gasteiger partial charge in [-0.2, -0.15) is 0 Å². The number of hydrogen-bond donors (Lipinski definition) is 0. The first kappa shape index (κ1) is 14.8. The minimum Gasteiger partial charge on any atom is -0.467 e. The van der Waals surface area contributed by atoms with Crippen molar-refractivity contribution in [3.63, 3.8) is 0 Å². The first-order valence-corrected chi connectivity index (χ1v) is 8.89. The lowest BCUT2D eigenvalue weighted by molar-refractivity contribution is -0.385. The van der Waals surface area contributed by atoms with Gasteiger partial charge in [0.1, 0.15) is 5.75 Å². The third-order valence-electron chi connectivity index (χ3n) is 6.39. The second kappa shape index (κ2) is 4.75. The zero-order chi connectivity index (χ0) is 17.2. The Morgan fingerprint density at radius 3 is 2.80 bits per heavy atom. The Bertz CT molecular complexity index is 896. The van der Waals surface area contributed by atoms with Gasteiger partial charge in [0.05, 0.1) is 16.9 Å². The molecule has 0 radical (unpaired) electrons. The summed E-state index contributed by atoms with van der Waals surface area (Å²) in [7, 11) is 0. The van der Waals surface area contributed by atoms with Gasteiger partial charge in [-0.15, -0.1) is 0 Å². The van der Waals surface area contributed by atoms with E-state index in [-0.39, 0.29) is 21.8 Å². The Labute approximate surface area is 146 Å². The number of hydrogen-bond acceptors (Lipinski definition) is 4. The molecule has 1 fully saturated rings. The first-order chi connectivity index (χ1) is 12.1. The van der Waals surface area contributed by atoms with Crippen LogP contribution in [0.1, 0.15) is 43.7 Å². The molecule has 1 saturated carbocycles. The van der Waals surface area contributed by atoms with Crippen molar-refractivity contribution in [1.29, 1.82) is 0 Å². The van der Waals surface area contributed by atoms with Crippen LogP contribution in [0, 0.1) is 10.1 Å². The Morgan fingerprint density at radius 2 is 1.96 bits per heavy atom.